The predicted molar refractivity (Wildman–Crippen MR) is 215 cm³/mol. The summed E-state index contributed by atoms with van der Waals surface area (Å²) in [7, 11) is -33.9. The second kappa shape index (κ2) is 22.7. The van der Waals surface area contributed by atoms with Gasteiger partial charge in [-0.05, 0) is 33.1 Å². The number of amides is 6. The average Bonchev–Trinajstić information content (AvgIpc) is 3.18. The summed E-state index contributed by atoms with van der Waals surface area (Å²) in [5.74, 6) is -12.5. The Kier molecular flexibility index (Phi) is 20.7. The van der Waals surface area contributed by atoms with E-state index in [2.05, 4.69) is 0 Å². The fourth-order valence-corrected chi connectivity index (χ4v) is 14.2. The molecule has 24 nitrogen and oxygen atoms in total. The number of halogens is 12. The summed E-state index contributed by atoms with van der Waals surface area (Å²) in [6, 6.07) is 0. The van der Waals surface area contributed by atoms with Crippen molar-refractivity contribution in [2.45, 2.75) is 112 Å². The first-order valence-corrected chi connectivity index (χ1v) is 28.6. The van der Waals surface area contributed by atoms with Crippen molar-refractivity contribution < 1.29 is 132 Å². The minimum absolute atomic E-state index is 0.0232. The molecule has 3 aliphatic rings. The first-order chi connectivity index (χ1) is 32.2. The first-order valence-electron chi connectivity index (χ1n) is 19.8. The molecule has 3 rings (SSSR count). The van der Waals surface area contributed by atoms with Crippen LogP contribution < -0.4 is 0 Å². The fourth-order valence-electron chi connectivity index (χ4n) is 5.88. The molecule has 0 aromatic heterocycles. The number of unbranched alkanes of at least 4 members (excludes halogenated alkanes) is 3. The highest BCUT2D eigenvalue weighted by molar-refractivity contribution is 7.96. The number of alkyl halides is 12. The second-order valence-corrected chi connectivity index (χ2v) is 25.8. The second-order valence-electron chi connectivity index (χ2n) is 14.4. The molecule has 0 aromatic carbocycles. The number of sulfone groups is 3. The van der Waals surface area contributed by atoms with Crippen LogP contribution in [0.25, 0.3) is 0 Å². The van der Waals surface area contributed by atoms with Crippen LogP contribution in [0.1, 0.15) is 73.1 Å². The molecule has 0 radical (unpaired) electrons. The summed E-state index contributed by atoms with van der Waals surface area (Å²) in [5.41, 5.74) is -17.9. The zero-order chi connectivity index (χ0) is 57.1. The molecule has 0 bridgehead atoms. The summed E-state index contributed by atoms with van der Waals surface area (Å²) >= 11 is 0. The van der Waals surface area contributed by atoms with E-state index < -0.39 is 182 Å². The van der Waals surface area contributed by atoms with Crippen LogP contribution in [0.5, 0.6) is 0 Å². The van der Waals surface area contributed by atoms with Crippen molar-refractivity contribution in [3.8, 4) is 0 Å². The molecule has 6 amide bonds. The molecule has 3 aliphatic heterocycles. The lowest BCUT2D eigenvalue weighted by Crippen LogP contribution is -2.66. The Labute approximate surface area is 402 Å². The SMILES string of the molecule is CCCCN1C(=O)C(S(=O)(=O)C(F)(F)F)C(=O)N(CC(F)(F)F)S1(=O)=O.CCCCN1C(=O)C(S(=O)(=O)C(F)(F)F)C(=O)N(CC)S1(=O)=O.CCCCN1C(=O)C(S(=O)(=O)C(F)(F)F)C(=O)N(CC)S1(=O)=O. The number of hydrogen-bond donors (Lipinski definition) is 0. The zero-order valence-corrected chi connectivity index (χ0v) is 42.1. The minimum atomic E-state index is -6.61. The Morgan fingerprint density at radius 1 is 0.375 bits per heavy atom. The predicted octanol–water partition coefficient (Wildman–Crippen LogP) is 0.618. The van der Waals surface area contributed by atoms with Crippen molar-refractivity contribution in [1.82, 2.24) is 25.8 Å². The van der Waals surface area contributed by atoms with Crippen LogP contribution >= 0.6 is 0 Å². The van der Waals surface area contributed by atoms with E-state index in [1.165, 1.54) is 6.92 Å². The Hall–Kier alpha value is -4.32. The summed E-state index contributed by atoms with van der Waals surface area (Å²) in [6.07, 6.45) is -4.38. The van der Waals surface area contributed by atoms with Crippen molar-refractivity contribution in [3.05, 3.63) is 0 Å². The number of nitrogens with zero attached hydrogens (tertiary/aromatic N) is 6. The summed E-state index contributed by atoms with van der Waals surface area (Å²) < 4.78 is 292. The van der Waals surface area contributed by atoms with E-state index in [1.54, 1.807) is 13.8 Å². The monoisotopic (exact) mass is 1190 g/mol. The van der Waals surface area contributed by atoms with E-state index in [4.69, 9.17) is 0 Å². The maximum atomic E-state index is 12.7. The molecule has 3 heterocycles. The van der Waals surface area contributed by atoms with Crippen molar-refractivity contribution >= 4 is 95.6 Å². The van der Waals surface area contributed by atoms with E-state index in [0.717, 1.165) is 13.8 Å². The minimum Gasteiger partial charge on any atom is -0.272 e. The van der Waals surface area contributed by atoms with Gasteiger partial charge < -0.3 is 0 Å². The Morgan fingerprint density at radius 2 is 0.569 bits per heavy atom. The topological polar surface area (TPSA) is 327 Å². The van der Waals surface area contributed by atoms with E-state index in [1.807, 2.05) is 0 Å². The number of hydrogen-bond acceptors (Lipinski definition) is 18. The van der Waals surface area contributed by atoms with Crippen LogP contribution in [-0.4, -0.2) is 190 Å². The van der Waals surface area contributed by atoms with E-state index in [-0.39, 0.29) is 42.9 Å². The Morgan fingerprint density at radius 3 is 0.750 bits per heavy atom. The van der Waals surface area contributed by atoms with Crippen molar-refractivity contribution in [1.29, 1.82) is 0 Å². The van der Waals surface area contributed by atoms with Crippen LogP contribution in [0, 0.1) is 0 Å². The van der Waals surface area contributed by atoms with Crippen LogP contribution in [0.4, 0.5) is 52.7 Å². The quantitative estimate of drug-likeness (QED) is 0.160. The molecule has 0 aromatic rings. The molecule has 3 atom stereocenters. The van der Waals surface area contributed by atoms with Gasteiger partial charge in [-0.25, -0.2) is 51.1 Å². The lowest BCUT2D eigenvalue weighted by molar-refractivity contribution is -0.156. The summed E-state index contributed by atoms with van der Waals surface area (Å²) in [4.78, 5) is 71.8. The van der Waals surface area contributed by atoms with Gasteiger partial charge in [-0.2, -0.15) is 77.9 Å². The zero-order valence-electron chi connectivity index (χ0n) is 37.2. The fraction of sp³-hybridized carbons (Fsp3) is 0.800. The highest BCUT2D eigenvalue weighted by Gasteiger charge is 2.66. The van der Waals surface area contributed by atoms with E-state index in [0.29, 0.717) is 12.8 Å². The highest BCUT2D eigenvalue weighted by Crippen LogP contribution is 2.37. The highest BCUT2D eigenvalue weighted by atomic mass is 32.2. The van der Waals surface area contributed by atoms with Gasteiger partial charge in [0.25, 0.3) is 65.0 Å². The largest absolute Gasteiger partial charge is 0.498 e. The van der Waals surface area contributed by atoms with Gasteiger partial charge in [0.1, 0.15) is 6.54 Å². The first kappa shape index (κ1) is 65.7. The Balaban J connectivity index is 0.000000541. The lowest BCUT2D eigenvalue weighted by atomic mass is 10.3. The molecular formula is C30H42F12N6O18S6. The standard InChI is InChI=1S/C10H12F6N2O6S2.2C10H15F3N2O6S2/c1-2-3-4-17-7(19)6(25(21,22)10(14,15)16)8(20)18(26(17,23)24)5-9(11,12)13;2*1-3-5-6-15-9(17)7(22(18,19)10(11,12)13)8(16)14(4-2)23(15,20)21/h6H,2-5H2,1H3;2*7H,3-6H2,1-2H3. The maximum Gasteiger partial charge on any atom is 0.498 e. The molecule has 3 saturated heterocycles. The average molecular weight is 1200 g/mol. The van der Waals surface area contributed by atoms with Crippen LogP contribution in [-0.2, 0) is 88.9 Å². The third kappa shape index (κ3) is 12.9. The van der Waals surface area contributed by atoms with E-state index >= 15 is 0 Å². The van der Waals surface area contributed by atoms with Gasteiger partial charge in [-0.15, -0.1) is 0 Å². The van der Waals surface area contributed by atoms with Crippen molar-refractivity contribution in [3.63, 3.8) is 0 Å². The van der Waals surface area contributed by atoms with Gasteiger partial charge in [0.2, 0.25) is 15.7 Å². The van der Waals surface area contributed by atoms with Gasteiger partial charge >= 0.3 is 53.3 Å². The molecule has 42 heteroatoms. The van der Waals surface area contributed by atoms with Gasteiger partial charge in [-0.1, -0.05) is 40.0 Å². The Bertz CT molecular complexity index is 2670. The van der Waals surface area contributed by atoms with Gasteiger partial charge in [0.05, 0.1) is 0 Å². The lowest BCUT2D eigenvalue weighted by Gasteiger charge is -2.37. The molecule has 0 aliphatic carbocycles. The van der Waals surface area contributed by atoms with Gasteiger partial charge in [0.15, 0.2) is 0 Å². The van der Waals surface area contributed by atoms with Crippen LogP contribution in [0.15, 0.2) is 0 Å². The van der Waals surface area contributed by atoms with Crippen molar-refractivity contribution in [2.24, 2.45) is 0 Å². The van der Waals surface area contributed by atoms with Crippen LogP contribution in [0.2, 0.25) is 0 Å². The smallest absolute Gasteiger partial charge is 0.272 e. The third-order valence-corrected chi connectivity index (χ3v) is 20.1. The normalized spacial score (nSPS) is 22.4. The summed E-state index contributed by atoms with van der Waals surface area (Å²) in [5, 5.41) is -9.93. The number of carbonyl (C=O) groups excluding carboxylic acids is 6. The molecule has 3 unspecified atom stereocenters. The number of rotatable bonds is 15. The molecule has 0 N–H and O–H groups in total. The molecular weight excluding hydrogens is 1150 g/mol. The van der Waals surface area contributed by atoms with Crippen LogP contribution in [0.3, 0.4) is 0 Å². The number of carbonyl (C=O) groups is 6. The van der Waals surface area contributed by atoms with E-state index in [9.17, 15) is 132 Å². The van der Waals surface area contributed by atoms with Gasteiger partial charge in [-0.3, -0.25) is 28.8 Å². The third-order valence-electron chi connectivity index (χ3n) is 9.43. The molecule has 0 spiro atoms. The van der Waals surface area contributed by atoms with Crippen molar-refractivity contribution in [2.75, 3.05) is 39.3 Å². The molecule has 420 valence electrons. The maximum absolute atomic E-state index is 12.7. The molecule has 3 fully saturated rings. The molecule has 0 saturated carbocycles. The summed E-state index contributed by atoms with van der Waals surface area (Å²) in [6.45, 7) is 1.34. The molecule has 72 heavy (non-hydrogen) atoms. The van der Waals surface area contributed by atoms with Gasteiger partial charge in [0, 0.05) is 32.7 Å².